The van der Waals surface area contributed by atoms with Gasteiger partial charge in [0.2, 0.25) is 0 Å². The second kappa shape index (κ2) is 6.76. The largest absolute Gasteiger partial charge is 0.481 e. The van der Waals surface area contributed by atoms with Crippen LogP contribution >= 0.6 is 11.8 Å². The topological polar surface area (TPSA) is 101 Å². The van der Waals surface area contributed by atoms with Gasteiger partial charge in [-0.15, -0.1) is 11.8 Å². The summed E-state index contributed by atoms with van der Waals surface area (Å²) in [7, 11) is 0. The first-order valence-electron chi connectivity index (χ1n) is 6.15. The Labute approximate surface area is 122 Å². The third-order valence-corrected chi connectivity index (χ3v) is 4.53. The lowest BCUT2D eigenvalue weighted by Crippen LogP contribution is -2.46. The number of nitrogens with two attached hydrogens (primary N) is 1. The van der Waals surface area contributed by atoms with Crippen LogP contribution in [0.5, 0.6) is 0 Å². The van der Waals surface area contributed by atoms with Crippen LogP contribution in [0.15, 0.2) is 24.3 Å². The van der Waals surface area contributed by atoms with E-state index in [4.69, 9.17) is 15.9 Å². The smallest absolute Gasteiger partial charge is 0.321 e. The average Bonchev–Trinajstić information content (AvgIpc) is 2.36. The first kappa shape index (κ1) is 16.5. The molecule has 1 atom stereocenters. The molecule has 0 aliphatic rings. The quantitative estimate of drug-likeness (QED) is 0.708. The van der Waals surface area contributed by atoms with E-state index in [9.17, 15) is 9.59 Å². The Hall–Kier alpha value is -1.53. The molecule has 6 heteroatoms. The van der Waals surface area contributed by atoms with Gasteiger partial charge in [-0.3, -0.25) is 9.59 Å². The van der Waals surface area contributed by atoms with Crippen LogP contribution in [0, 0.1) is 0 Å². The van der Waals surface area contributed by atoms with E-state index in [1.165, 1.54) is 11.8 Å². The lowest BCUT2D eigenvalue weighted by atomic mass is 10.0. The first-order chi connectivity index (χ1) is 9.24. The Bertz CT molecular complexity index is 502. The Balaban J connectivity index is 2.79. The Morgan fingerprint density at radius 2 is 1.80 bits per heavy atom. The van der Waals surface area contributed by atoms with Gasteiger partial charge >= 0.3 is 11.9 Å². The number of hydrogen-bond acceptors (Lipinski definition) is 4. The zero-order chi connectivity index (χ0) is 15.3. The van der Waals surface area contributed by atoms with E-state index in [0.717, 1.165) is 11.1 Å². The van der Waals surface area contributed by atoms with Gasteiger partial charge in [0, 0.05) is 10.5 Å². The SMILES string of the molecule is CC(C)(SCc1ccccc1CC(=O)O)[C@H](N)C(=O)O. The highest BCUT2D eigenvalue weighted by molar-refractivity contribution is 7.99. The molecule has 1 aromatic rings. The van der Waals surface area contributed by atoms with Gasteiger partial charge < -0.3 is 15.9 Å². The predicted molar refractivity (Wildman–Crippen MR) is 78.8 cm³/mol. The highest BCUT2D eigenvalue weighted by Crippen LogP contribution is 2.31. The molecule has 0 saturated carbocycles. The lowest BCUT2D eigenvalue weighted by molar-refractivity contribution is -0.139. The fourth-order valence-electron chi connectivity index (χ4n) is 1.68. The number of thioether (sulfide) groups is 1. The van der Waals surface area contributed by atoms with Crippen molar-refractivity contribution in [2.75, 3.05) is 0 Å². The standard InChI is InChI=1S/C14H19NO4S/c1-14(2,12(15)13(18)19)20-8-10-6-4-3-5-9(10)7-11(16)17/h3-6,12H,7-8,15H2,1-2H3,(H,16,17)(H,18,19)/t12-/m1/s1. The third-order valence-electron chi connectivity index (χ3n) is 3.07. The summed E-state index contributed by atoms with van der Waals surface area (Å²) in [5.74, 6) is -1.40. The lowest BCUT2D eigenvalue weighted by Gasteiger charge is -2.28. The van der Waals surface area contributed by atoms with E-state index in [-0.39, 0.29) is 6.42 Å². The van der Waals surface area contributed by atoms with Crippen molar-refractivity contribution >= 4 is 23.7 Å². The van der Waals surface area contributed by atoms with Gasteiger partial charge in [-0.1, -0.05) is 24.3 Å². The third kappa shape index (κ3) is 4.54. The molecule has 0 heterocycles. The molecule has 0 fully saturated rings. The van der Waals surface area contributed by atoms with Crippen LogP contribution in [-0.2, 0) is 21.8 Å². The van der Waals surface area contributed by atoms with Crippen molar-refractivity contribution in [1.29, 1.82) is 0 Å². The van der Waals surface area contributed by atoms with Gasteiger partial charge in [-0.25, -0.2) is 0 Å². The summed E-state index contributed by atoms with van der Waals surface area (Å²) in [6.07, 6.45) is -0.0395. The van der Waals surface area contributed by atoms with Crippen molar-refractivity contribution in [3.63, 3.8) is 0 Å². The van der Waals surface area contributed by atoms with Crippen LogP contribution in [-0.4, -0.2) is 32.9 Å². The molecule has 1 aromatic carbocycles. The summed E-state index contributed by atoms with van der Waals surface area (Å²) in [5, 5.41) is 17.8. The number of rotatable bonds is 7. The van der Waals surface area contributed by atoms with E-state index in [0.29, 0.717) is 5.75 Å². The van der Waals surface area contributed by atoms with Crippen molar-refractivity contribution in [2.24, 2.45) is 5.73 Å². The monoisotopic (exact) mass is 297 g/mol. The first-order valence-corrected chi connectivity index (χ1v) is 7.13. The molecular weight excluding hydrogens is 278 g/mol. The van der Waals surface area contributed by atoms with E-state index in [1.807, 2.05) is 12.1 Å². The maximum Gasteiger partial charge on any atom is 0.321 e. The van der Waals surface area contributed by atoms with E-state index in [1.54, 1.807) is 26.0 Å². The molecule has 1 rings (SSSR count). The number of benzene rings is 1. The number of carboxylic acids is 2. The normalized spacial score (nSPS) is 12.9. The minimum atomic E-state index is -1.04. The molecule has 0 amide bonds. The molecular formula is C14H19NO4S. The Morgan fingerprint density at radius 3 is 2.30 bits per heavy atom. The predicted octanol–water partition coefficient (Wildman–Crippen LogP) is 1.74. The summed E-state index contributed by atoms with van der Waals surface area (Å²) in [5.41, 5.74) is 7.30. The molecule has 4 N–H and O–H groups in total. The maximum absolute atomic E-state index is 11.0. The molecule has 0 bridgehead atoms. The molecule has 0 aromatic heterocycles. The van der Waals surface area contributed by atoms with Crippen molar-refractivity contribution < 1.29 is 19.8 Å². The summed E-state index contributed by atoms with van der Waals surface area (Å²) in [6, 6.07) is 6.28. The Kier molecular flexibility index (Phi) is 5.59. The molecule has 0 aliphatic carbocycles. The van der Waals surface area contributed by atoms with Crippen LogP contribution in [0.2, 0.25) is 0 Å². The fourth-order valence-corrected chi connectivity index (χ4v) is 2.77. The number of carbonyl (C=O) groups is 2. The number of aliphatic carboxylic acids is 2. The molecule has 0 unspecified atom stereocenters. The second-order valence-electron chi connectivity index (χ2n) is 5.05. The van der Waals surface area contributed by atoms with Gasteiger partial charge in [-0.2, -0.15) is 0 Å². The maximum atomic E-state index is 11.0. The molecule has 0 radical (unpaired) electrons. The Morgan fingerprint density at radius 1 is 1.25 bits per heavy atom. The molecule has 0 aliphatic heterocycles. The second-order valence-corrected chi connectivity index (χ2v) is 6.68. The van der Waals surface area contributed by atoms with Gasteiger partial charge in [0.25, 0.3) is 0 Å². The molecule has 110 valence electrons. The average molecular weight is 297 g/mol. The summed E-state index contributed by atoms with van der Waals surface area (Å²) in [6.45, 7) is 3.55. The van der Waals surface area contributed by atoms with Gasteiger partial charge in [0.1, 0.15) is 6.04 Å². The number of hydrogen-bond donors (Lipinski definition) is 3. The summed E-state index contributed by atoms with van der Waals surface area (Å²) >= 11 is 1.41. The summed E-state index contributed by atoms with van der Waals surface area (Å²) < 4.78 is -0.637. The minimum Gasteiger partial charge on any atom is -0.481 e. The molecule has 5 nitrogen and oxygen atoms in total. The molecule has 0 spiro atoms. The fraction of sp³-hybridized carbons (Fsp3) is 0.429. The number of carboxylic acid groups (broad SMARTS) is 2. The molecule has 20 heavy (non-hydrogen) atoms. The highest BCUT2D eigenvalue weighted by atomic mass is 32.2. The van der Waals surface area contributed by atoms with Gasteiger partial charge in [0.15, 0.2) is 0 Å². The van der Waals surface area contributed by atoms with Crippen LogP contribution in [0.3, 0.4) is 0 Å². The van der Waals surface area contributed by atoms with Crippen molar-refractivity contribution in [3.05, 3.63) is 35.4 Å². The zero-order valence-corrected chi connectivity index (χ0v) is 12.3. The van der Waals surface area contributed by atoms with E-state index in [2.05, 4.69) is 0 Å². The van der Waals surface area contributed by atoms with Crippen LogP contribution in [0.4, 0.5) is 0 Å². The highest BCUT2D eigenvalue weighted by Gasteiger charge is 2.32. The van der Waals surface area contributed by atoms with E-state index < -0.39 is 22.7 Å². The van der Waals surface area contributed by atoms with Gasteiger partial charge in [0.05, 0.1) is 6.42 Å². The van der Waals surface area contributed by atoms with Crippen LogP contribution in [0.1, 0.15) is 25.0 Å². The van der Waals surface area contributed by atoms with Crippen LogP contribution < -0.4 is 5.73 Å². The van der Waals surface area contributed by atoms with Crippen molar-refractivity contribution in [3.8, 4) is 0 Å². The van der Waals surface area contributed by atoms with Crippen molar-refractivity contribution in [2.45, 2.75) is 36.8 Å². The zero-order valence-electron chi connectivity index (χ0n) is 11.5. The van der Waals surface area contributed by atoms with Crippen molar-refractivity contribution in [1.82, 2.24) is 0 Å². The molecule has 0 saturated heterocycles. The minimum absolute atomic E-state index is 0.0395. The summed E-state index contributed by atoms with van der Waals surface area (Å²) in [4.78, 5) is 21.8. The van der Waals surface area contributed by atoms with E-state index >= 15 is 0 Å². The van der Waals surface area contributed by atoms with Crippen LogP contribution in [0.25, 0.3) is 0 Å². The van der Waals surface area contributed by atoms with Gasteiger partial charge in [-0.05, 0) is 25.0 Å².